The third kappa shape index (κ3) is 6.64. The number of nitrogens with zero attached hydrogens (tertiary/aromatic N) is 2. The Balaban J connectivity index is 1.52. The van der Waals surface area contributed by atoms with Crippen LogP contribution in [0, 0.1) is 0 Å². The highest BCUT2D eigenvalue weighted by atomic mass is 35.5. The molecule has 0 spiro atoms. The lowest BCUT2D eigenvalue weighted by molar-refractivity contribution is -0.137. The molecule has 1 aliphatic rings. The number of carbonyl (C=O) groups excluding carboxylic acids is 1. The Bertz CT molecular complexity index is 1040. The minimum atomic E-state index is -4.46. The first-order chi connectivity index (χ1) is 14.5. The van der Waals surface area contributed by atoms with Gasteiger partial charge < -0.3 is 5.32 Å². The Kier molecular flexibility index (Phi) is 7.61. The highest BCUT2D eigenvalue weighted by molar-refractivity contribution is 7.89. The number of carbonyl (C=O) groups is 1. The number of thiazole rings is 1. The Hall–Kier alpha value is -1.69. The number of hydrogen-bond donors (Lipinski definition) is 1. The van der Waals surface area contributed by atoms with Crippen molar-refractivity contribution in [2.75, 3.05) is 24.2 Å². The molecule has 1 amide bonds. The maximum Gasteiger partial charge on any atom is 0.416 e. The average Bonchev–Trinajstić information content (AvgIpc) is 3.35. The van der Waals surface area contributed by atoms with E-state index in [1.165, 1.54) is 16.6 Å². The quantitative estimate of drug-likeness (QED) is 0.582. The van der Waals surface area contributed by atoms with E-state index in [0.29, 0.717) is 28.7 Å². The van der Waals surface area contributed by atoms with E-state index in [4.69, 9.17) is 11.6 Å². The van der Waals surface area contributed by atoms with Gasteiger partial charge in [-0.3, -0.25) is 4.79 Å². The predicted molar refractivity (Wildman–Crippen MR) is 114 cm³/mol. The minimum absolute atomic E-state index is 0.0292. The summed E-state index contributed by atoms with van der Waals surface area (Å²) in [5, 5.41) is 3.11. The maximum absolute atomic E-state index is 12.9. The number of halogens is 4. The summed E-state index contributed by atoms with van der Waals surface area (Å²) in [7, 11) is -3.33. The van der Waals surface area contributed by atoms with Crippen molar-refractivity contribution in [3.05, 3.63) is 45.4 Å². The monoisotopic (exact) mass is 495 g/mol. The van der Waals surface area contributed by atoms with Crippen LogP contribution in [0.1, 0.15) is 41.7 Å². The third-order valence-electron chi connectivity index (χ3n) is 4.80. The molecule has 1 aromatic carbocycles. The molecule has 31 heavy (non-hydrogen) atoms. The number of aromatic nitrogens is 1. The van der Waals surface area contributed by atoms with Gasteiger partial charge in [0.05, 0.1) is 11.3 Å². The van der Waals surface area contributed by atoms with Crippen LogP contribution >= 0.6 is 22.9 Å². The van der Waals surface area contributed by atoms with Crippen LogP contribution in [0.5, 0.6) is 0 Å². The number of nitrogens with one attached hydrogen (secondary N) is 1. The van der Waals surface area contributed by atoms with Crippen molar-refractivity contribution in [3.63, 3.8) is 0 Å². The fraction of sp³-hybridized carbons (Fsp3) is 0.474. The molecule has 170 valence electrons. The van der Waals surface area contributed by atoms with E-state index in [-0.39, 0.29) is 35.9 Å². The van der Waals surface area contributed by atoms with Gasteiger partial charge in [-0.2, -0.15) is 13.2 Å². The van der Waals surface area contributed by atoms with E-state index < -0.39 is 21.8 Å². The fourth-order valence-corrected chi connectivity index (χ4v) is 5.83. The van der Waals surface area contributed by atoms with Crippen molar-refractivity contribution < 1.29 is 26.4 Å². The van der Waals surface area contributed by atoms with Gasteiger partial charge in [0, 0.05) is 42.0 Å². The van der Waals surface area contributed by atoms with Crippen LogP contribution in [0.15, 0.2) is 24.4 Å². The summed E-state index contributed by atoms with van der Waals surface area (Å²) in [4.78, 5) is 16.8. The number of anilines is 1. The summed E-state index contributed by atoms with van der Waals surface area (Å²) in [6.45, 7) is 1.07. The van der Waals surface area contributed by atoms with Crippen LogP contribution in [0.3, 0.4) is 0 Å². The molecule has 0 atom stereocenters. The lowest BCUT2D eigenvalue weighted by Crippen LogP contribution is -2.30. The molecule has 2 aromatic rings. The summed E-state index contributed by atoms with van der Waals surface area (Å²) >= 11 is 7.15. The van der Waals surface area contributed by atoms with Crippen LogP contribution in [0.4, 0.5) is 18.3 Å². The normalized spacial score (nSPS) is 15.4. The highest BCUT2D eigenvalue weighted by Gasteiger charge is 2.31. The van der Waals surface area contributed by atoms with Gasteiger partial charge in [-0.05, 0) is 43.0 Å². The number of hydrogen-bond acceptors (Lipinski definition) is 5. The van der Waals surface area contributed by atoms with Gasteiger partial charge in [0.1, 0.15) is 0 Å². The molecule has 6 nitrogen and oxygen atoms in total. The zero-order valence-corrected chi connectivity index (χ0v) is 18.8. The van der Waals surface area contributed by atoms with E-state index in [9.17, 15) is 26.4 Å². The summed E-state index contributed by atoms with van der Waals surface area (Å²) in [5.74, 6) is -0.452. The molecule has 0 unspecified atom stereocenters. The smallest absolute Gasteiger partial charge is 0.302 e. The first kappa shape index (κ1) is 24.0. The molecule has 0 bridgehead atoms. The molecule has 1 fully saturated rings. The van der Waals surface area contributed by atoms with Gasteiger partial charge in [-0.1, -0.05) is 11.6 Å². The molecule has 3 rings (SSSR count). The van der Waals surface area contributed by atoms with Crippen molar-refractivity contribution in [1.82, 2.24) is 9.29 Å². The van der Waals surface area contributed by atoms with Crippen LogP contribution in [-0.4, -0.2) is 42.5 Å². The zero-order valence-electron chi connectivity index (χ0n) is 16.4. The first-order valence-corrected chi connectivity index (χ1v) is 12.4. The number of alkyl halides is 3. The predicted octanol–water partition coefficient (Wildman–Crippen LogP) is 4.55. The van der Waals surface area contributed by atoms with Crippen molar-refractivity contribution in [2.24, 2.45) is 0 Å². The average molecular weight is 496 g/mol. The zero-order chi connectivity index (χ0) is 22.6. The molecular weight excluding hydrogens is 475 g/mol. The molecular formula is C19H21ClF3N3O3S2. The third-order valence-corrected chi connectivity index (χ3v) is 8.04. The molecule has 1 N–H and O–H groups in total. The van der Waals surface area contributed by atoms with Crippen molar-refractivity contribution in [3.8, 4) is 0 Å². The second-order valence-electron chi connectivity index (χ2n) is 7.19. The van der Waals surface area contributed by atoms with Gasteiger partial charge in [-0.15, -0.1) is 11.3 Å². The molecule has 0 saturated carbocycles. The van der Waals surface area contributed by atoms with E-state index in [2.05, 4.69) is 10.3 Å². The highest BCUT2D eigenvalue weighted by Crippen LogP contribution is 2.33. The summed E-state index contributed by atoms with van der Waals surface area (Å²) in [6.07, 6.45) is -0.909. The molecule has 0 aliphatic carbocycles. The van der Waals surface area contributed by atoms with Gasteiger partial charge in [0.15, 0.2) is 5.13 Å². The Morgan fingerprint density at radius 2 is 1.97 bits per heavy atom. The first-order valence-electron chi connectivity index (χ1n) is 9.62. The van der Waals surface area contributed by atoms with Crippen molar-refractivity contribution >= 4 is 44.0 Å². The molecule has 1 aromatic heterocycles. The Labute approximate surface area is 187 Å². The fourth-order valence-electron chi connectivity index (χ4n) is 3.21. The van der Waals surface area contributed by atoms with Gasteiger partial charge in [0.2, 0.25) is 15.9 Å². The largest absolute Gasteiger partial charge is 0.416 e. The second-order valence-corrected chi connectivity index (χ2v) is 10.8. The number of benzene rings is 1. The molecule has 1 saturated heterocycles. The summed E-state index contributed by atoms with van der Waals surface area (Å²) in [6, 6.07) is 3.13. The van der Waals surface area contributed by atoms with Gasteiger partial charge >= 0.3 is 6.18 Å². The lowest BCUT2D eigenvalue weighted by Gasteiger charge is -2.14. The van der Waals surface area contributed by atoms with E-state index in [1.54, 1.807) is 0 Å². The minimum Gasteiger partial charge on any atom is -0.302 e. The van der Waals surface area contributed by atoms with Crippen LogP contribution < -0.4 is 5.32 Å². The maximum atomic E-state index is 12.9. The number of rotatable bonds is 8. The molecule has 0 radical (unpaired) electrons. The molecule has 1 aliphatic heterocycles. The second kappa shape index (κ2) is 9.85. The SMILES string of the molecule is O=C(CCCS(=O)(=O)N1CCCC1)Nc1ncc(Cc2cc(C(F)(F)F)ccc2Cl)s1. The van der Waals surface area contributed by atoms with Crippen LogP contribution in [0.25, 0.3) is 0 Å². The Morgan fingerprint density at radius 3 is 2.65 bits per heavy atom. The van der Waals surface area contributed by atoms with Crippen molar-refractivity contribution in [2.45, 2.75) is 38.3 Å². The van der Waals surface area contributed by atoms with Crippen LogP contribution in [0.2, 0.25) is 5.02 Å². The van der Waals surface area contributed by atoms with E-state index in [1.807, 2.05) is 0 Å². The van der Waals surface area contributed by atoms with Gasteiger partial charge in [0.25, 0.3) is 0 Å². The number of amides is 1. The van der Waals surface area contributed by atoms with Gasteiger partial charge in [-0.25, -0.2) is 17.7 Å². The number of sulfonamides is 1. The van der Waals surface area contributed by atoms with E-state index >= 15 is 0 Å². The van der Waals surface area contributed by atoms with Crippen molar-refractivity contribution in [1.29, 1.82) is 0 Å². The molecule has 12 heteroatoms. The summed E-state index contributed by atoms with van der Waals surface area (Å²) in [5.41, 5.74) is -0.473. The topological polar surface area (TPSA) is 79.4 Å². The Morgan fingerprint density at radius 1 is 1.26 bits per heavy atom. The summed E-state index contributed by atoms with van der Waals surface area (Å²) < 4.78 is 64.5. The van der Waals surface area contributed by atoms with E-state index in [0.717, 1.165) is 36.3 Å². The standard InChI is InChI=1S/C19H21ClF3N3O3S2/c20-16-6-5-14(19(21,22)23)10-13(16)11-15-12-24-18(30-15)25-17(27)4-3-9-31(28,29)26-7-1-2-8-26/h5-6,10,12H,1-4,7-9,11H2,(H,24,25,27). The van der Waals surface area contributed by atoms with Crippen LogP contribution in [-0.2, 0) is 27.4 Å². The molecule has 2 heterocycles. The lowest BCUT2D eigenvalue weighted by atomic mass is 10.1.